The van der Waals surface area contributed by atoms with E-state index in [2.05, 4.69) is 15.4 Å². The molecular weight excluding hydrogens is 302 g/mol. The second-order valence-electron chi connectivity index (χ2n) is 4.24. The van der Waals surface area contributed by atoms with Gasteiger partial charge in [0.2, 0.25) is 10.0 Å². The van der Waals surface area contributed by atoms with E-state index < -0.39 is 28.1 Å². The molecule has 0 aromatic rings. The van der Waals surface area contributed by atoms with Crippen LogP contribution < -0.4 is 15.4 Å². The number of sulfonamides is 1. The molecule has 1 atom stereocenters. The topological polar surface area (TPSA) is 134 Å². The zero-order valence-corrected chi connectivity index (χ0v) is 13.0. The first kappa shape index (κ1) is 19.6. The van der Waals surface area contributed by atoms with Gasteiger partial charge >= 0.3 is 12.0 Å². The van der Waals surface area contributed by atoms with Crippen LogP contribution in [-0.2, 0) is 19.6 Å². The fourth-order valence-electron chi connectivity index (χ4n) is 1.49. The minimum atomic E-state index is -3.42. The molecule has 0 saturated carbocycles. The number of amides is 2. The highest BCUT2D eigenvalue weighted by Gasteiger charge is 2.19. The Morgan fingerprint density at radius 3 is 2.52 bits per heavy atom. The van der Waals surface area contributed by atoms with Crippen molar-refractivity contribution in [1.82, 2.24) is 15.4 Å². The van der Waals surface area contributed by atoms with Crippen LogP contribution in [0, 0.1) is 0 Å². The summed E-state index contributed by atoms with van der Waals surface area (Å²) in [6.07, 6.45) is 0.717. The summed E-state index contributed by atoms with van der Waals surface area (Å²) in [5.41, 5.74) is 0. The van der Waals surface area contributed by atoms with Crippen LogP contribution in [0.25, 0.3) is 0 Å². The lowest BCUT2D eigenvalue weighted by molar-refractivity contribution is -0.139. The lowest BCUT2D eigenvalue weighted by Gasteiger charge is -2.15. The smallest absolute Gasteiger partial charge is 0.326 e. The standard InChI is InChI=1S/C11H23N3O6S/c1-3-13-21(18,19)8-6-12-11(17)14-9(10(15)16)5-4-7-20-2/h9,13H,3-8H2,1-2H3,(H,15,16)(H2,12,14,17). The van der Waals surface area contributed by atoms with E-state index >= 15 is 0 Å². The molecule has 0 saturated heterocycles. The van der Waals surface area contributed by atoms with Crippen LogP contribution in [0.15, 0.2) is 0 Å². The van der Waals surface area contributed by atoms with Gasteiger partial charge < -0.3 is 20.5 Å². The number of urea groups is 1. The van der Waals surface area contributed by atoms with Gasteiger partial charge in [0.15, 0.2) is 0 Å². The molecular formula is C11H23N3O6S. The van der Waals surface area contributed by atoms with Crippen molar-refractivity contribution in [3.05, 3.63) is 0 Å². The van der Waals surface area contributed by atoms with Crippen molar-refractivity contribution in [1.29, 1.82) is 0 Å². The Labute approximate surface area is 124 Å². The SMILES string of the molecule is CCNS(=O)(=O)CCNC(=O)NC(CCCOC)C(=O)O. The molecule has 9 nitrogen and oxygen atoms in total. The largest absolute Gasteiger partial charge is 0.480 e. The minimum Gasteiger partial charge on any atom is -0.480 e. The first-order chi connectivity index (χ1) is 9.82. The first-order valence-corrected chi connectivity index (χ1v) is 8.21. The van der Waals surface area contributed by atoms with Gasteiger partial charge in [-0.05, 0) is 12.8 Å². The van der Waals surface area contributed by atoms with Crippen LogP contribution in [0.2, 0.25) is 0 Å². The molecule has 4 N–H and O–H groups in total. The summed E-state index contributed by atoms with van der Waals surface area (Å²) in [4.78, 5) is 22.5. The van der Waals surface area contributed by atoms with E-state index in [1.54, 1.807) is 6.92 Å². The van der Waals surface area contributed by atoms with Crippen molar-refractivity contribution in [3.63, 3.8) is 0 Å². The molecule has 1 unspecified atom stereocenters. The number of hydrogen-bond donors (Lipinski definition) is 4. The van der Waals surface area contributed by atoms with Crippen LogP contribution in [0.1, 0.15) is 19.8 Å². The zero-order chi connectivity index (χ0) is 16.3. The molecule has 0 heterocycles. The van der Waals surface area contributed by atoms with E-state index in [0.29, 0.717) is 13.0 Å². The lowest BCUT2D eigenvalue weighted by Crippen LogP contribution is -2.47. The van der Waals surface area contributed by atoms with E-state index in [1.807, 2.05) is 0 Å². The Bertz CT molecular complexity index is 426. The number of carbonyl (C=O) groups excluding carboxylic acids is 1. The Kier molecular flexibility index (Phi) is 9.67. The number of rotatable bonds is 11. The molecule has 0 aliphatic carbocycles. The highest BCUT2D eigenvalue weighted by molar-refractivity contribution is 7.89. The van der Waals surface area contributed by atoms with Gasteiger partial charge in [-0.3, -0.25) is 0 Å². The maximum atomic E-state index is 11.5. The Hall–Kier alpha value is -1.39. The Balaban J connectivity index is 4.12. The summed E-state index contributed by atoms with van der Waals surface area (Å²) in [5.74, 6) is -1.42. The third kappa shape index (κ3) is 10.0. The summed E-state index contributed by atoms with van der Waals surface area (Å²) in [6, 6.07) is -1.75. The summed E-state index contributed by atoms with van der Waals surface area (Å²) in [7, 11) is -1.91. The number of ether oxygens (including phenoxy) is 1. The molecule has 21 heavy (non-hydrogen) atoms. The van der Waals surface area contributed by atoms with Gasteiger partial charge in [-0.15, -0.1) is 0 Å². The fraction of sp³-hybridized carbons (Fsp3) is 0.818. The van der Waals surface area contributed by atoms with Crippen LogP contribution >= 0.6 is 0 Å². The second kappa shape index (κ2) is 10.4. The maximum Gasteiger partial charge on any atom is 0.326 e. The van der Waals surface area contributed by atoms with Gasteiger partial charge in [-0.1, -0.05) is 6.92 Å². The molecule has 0 aliphatic heterocycles. The van der Waals surface area contributed by atoms with Gasteiger partial charge in [0.05, 0.1) is 5.75 Å². The normalized spacial score (nSPS) is 12.7. The van der Waals surface area contributed by atoms with E-state index in [0.717, 1.165) is 0 Å². The quantitative estimate of drug-likeness (QED) is 0.364. The average molecular weight is 325 g/mol. The number of methoxy groups -OCH3 is 1. The predicted octanol–water partition coefficient (Wildman–Crippen LogP) is -0.895. The van der Waals surface area contributed by atoms with Crippen LogP contribution in [0.5, 0.6) is 0 Å². The van der Waals surface area contributed by atoms with Crippen molar-refractivity contribution in [3.8, 4) is 0 Å². The maximum absolute atomic E-state index is 11.5. The van der Waals surface area contributed by atoms with Crippen molar-refractivity contribution < 1.29 is 27.9 Å². The number of carbonyl (C=O) groups is 2. The molecule has 0 radical (unpaired) electrons. The summed E-state index contributed by atoms with van der Waals surface area (Å²) in [5, 5.41) is 13.5. The number of carboxylic acids is 1. The highest BCUT2D eigenvalue weighted by Crippen LogP contribution is 1.98. The van der Waals surface area contributed by atoms with Gasteiger partial charge in [0, 0.05) is 26.8 Å². The Morgan fingerprint density at radius 2 is 2.00 bits per heavy atom. The zero-order valence-electron chi connectivity index (χ0n) is 12.2. The third-order valence-corrected chi connectivity index (χ3v) is 3.94. The van der Waals surface area contributed by atoms with Crippen LogP contribution in [0.3, 0.4) is 0 Å². The van der Waals surface area contributed by atoms with E-state index in [4.69, 9.17) is 9.84 Å². The van der Waals surface area contributed by atoms with Crippen LogP contribution in [0.4, 0.5) is 4.79 Å². The van der Waals surface area contributed by atoms with E-state index in [9.17, 15) is 18.0 Å². The second-order valence-corrected chi connectivity index (χ2v) is 6.17. The first-order valence-electron chi connectivity index (χ1n) is 6.55. The molecule has 0 aromatic heterocycles. The molecule has 0 spiro atoms. The van der Waals surface area contributed by atoms with Gasteiger partial charge in [0.25, 0.3) is 0 Å². The van der Waals surface area contributed by atoms with Crippen molar-refractivity contribution >= 4 is 22.0 Å². The molecule has 0 aliphatic rings. The number of hydrogen-bond acceptors (Lipinski definition) is 5. The molecule has 0 fully saturated rings. The summed E-state index contributed by atoms with van der Waals surface area (Å²) in [6.45, 7) is 2.21. The van der Waals surface area contributed by atoms with E-state index in [1.165, 1.54) is 7.11 Å². The third-order valence-electron chi connectivity index (χ3n) is 2.47. The minimum absolute atomic E-state index is 0.106. The predicted molar refractivity (Wildman–Crippen MR) is 76.5 cm³/mol. The molecule has 124 valence electrons. The molecule has 0 rings (SSSR count). The van der Waals surface area contributed by atoms with Crippen LogP contribution in [-0.4, -0.2) is 64.1 Å². The van der Waals surface area contributed by atoms with Gasteiger partial charge in [-0.25, -0.2) is 22.7 Å². The number of nitrogens with one attached hydrogen (secondary N) is 3. The molecule has 2 amide bonds. The number of carboxylic acid groups (broad SMARTS) is 1. The molecule has 0 bridgehead atoms. The number of aliphatic carboxylic acids is 1. The molecule has 0 aromatic carbocycles. The molecule has 10 heteroatoms. The summed E-state index contributed by atoms with van der Waals surface area (Å²) < 4.78 is 29.7. The highest BCUT2D eigenvalue weighted by atomic mass is 32.2. The van der Waals surface area contributed by atoms with Crippen molar-refractivity contribution in [2.45, 2.75) is 25.8 Å². The van der Waals surface area contributed by atoms with Gasteiger partial charge in [-0.2, -0.15) is 0 Å². The van der Waals surface area contributed by atoms with E-state index in [-0.39, 0.29) is 25.3 Å². The van der Waals surface area contributed by atoms with Crippen molar-refractivity contribution in [2.24, 2.45) is 0 Å². The average Bonchev–Trinajstić information content (AvgIpc) is 2.37. The lowest BCUT2D eigenvalue weighted by atomic mass is 10.1. The monoisotopic (exact) mass is 325 g/mol. The summed E-state index contributed by atoms with van der Waals surface area (Å²) >= 11 is 0. The van der Waals surface area contributed by atoms with Gasteiger partial charge in [0.1, 0.15) is 6.04 Å². The Morgan fingerprint density at radius 1 is 1.33 bits per heavy atom. The van der Waals surface area contributed by atoms with Crippen molar-refractivity contribution in [2.75, 3.05) is 32.6 Å². The fourth-order valence-corrected chi connectivity index (χ4v) is 2.44.